The van der Waals surface area contributed by atoms with Gasteiger partial charge in [0, 0.05) is 17.4 Å². The molecule has 3 rings (SSSR count). The highest BCUT2D eigenvalue weighted by Crippen LogP contribution is 2.28. The highest BCUT2D eigenvalue weighted by Gasteiger charge is 2.30. The van der Waals surface area contributed by atoms with Crippen molar-refractivity contribution in [2.24, 2.45) is 0 Å². The molecule has 2 N–H and O–H groups in total. The molecule has 8 heteroatoms. The van der Waals surface area contributed by atoms with Crippen LogP contribution in [0.2, 0.25) is 0 Å². The van der Waals surface area contributed by atoms with Crippen molar-refractivity contribution in [3.05, 3.63) is 54.5 Å². The maximum Gasteiger partial charge on any atom is 0.417 e. The van der Waals surface area contributed by atoms with Gasteiger partial charge in [-0.15, -0.1) is 5.10 Å². The number of nitrogens with two attached hydrogens (primary N) is 1. The van der Waals surface area contributed by atoms with Gasteiger partial charge in [0.25, 0.3) is 0 Å². The van der Waals surface area contributed by atoms with Crippen LogP contribution in [0.1, 0.15) is 5.56 Å². The lowest BCUT2D eigenvalue weighted by atomic mass is 10.2. The van der Waals surface area contributed by atoms with Crippen molar-refractivity contribution in [1.29, 1.82) is 0 Å². The monoisotopic (exact) mass is 305 g/mol. The van der Waals surface area contributed by atoms with E-state index < -0.39 is 11.7 Å². The van der Waals surface area contributed by atoms with Gasteiger partial charge in [0.2, 0.25) is 0 Å². The first-order valence-corrected chi connectivity index (χ1v) is 6.25. The fourth-order valence-corrected chi connectivity index (χ4v) is 1.83. The Hall–Kier alpha value is -2.90. The van der Waals surface area contributed by atoms with Crippen LogP contribution in [-0.4, -0.2) is 19.7 Å². The Morgan fingerprint density at radius 3 is 2.27 bits per heavy atom. The summed E-state index contributed by atoms with van der Waals surface area (Å²) in [6, 6.07) is 9.14. The fourth-order valence-electron chi connectivity index (χ4n) is 1.83. The van der Waals surface area contributed by atoms with E-state index in [1.54, 1.807) is 24.3 Å². The molecule has 3 aromatic rings. The molecule has 0 atom stereocenters. The number of alkyl halides is 3. The van der Waals surface area contributed by atoms with Crippen LogP contribution in [0.15, 0.2) is 48.9 Å². The van der Waals surface area contributed by atoms with E-state index in [2.05, 4.69) is 15.1 Å². The predicted octanol–water partition coefficient (Wildman–Crippen LogP) is 2.93. The average Bonchev–Trinajstić information content (AvgIpc) is 2.97. The molecule has 1 aromatic carbocycles. The Balaban J connectivity index is 1.89. The summed E-state index contributed by atoms with van der Waals surface area (Å²) in [6.07, 6.45) is -2.26. The first-order valence-electron chi connectivity index (χ1n) is 6.25. The Morgan fingerprint density at radius 2 is 1.68 bits per heavy atom. The van der Waals surface area contributed by atoms with Crippen molar-refractivity contribution in [2.45, 2.75) is 6.18 Å². The summed E-state index contributed by atoms with van der Waals surface area (Å²) in [4.78, 5) is 7.87. The highest BCUT2D eigenvalue weighted by atomic mass is 19.4. The number of nitrogen functional groups attached to an aromatic ring is 1. The molecule has 0 spiro atoms. The number of rotatable bonds is 2. The van der Waals surface area contributed by atoms with Crippen LogP contribution in [0.4, 0.5) is 18.9 Å². The number of anilines is 1. The smallest absolute Gasteiger partial charge is 0.399 e. The normalized spacial score (nSPS) is 11.6. The van der Waals surface area contributed by atoms with Crippen LogP contribution < -0.4 is 5.73 Å². The van der Waals surface area contributed by atoms with E-state index in [0.717, 1.165) is 17.8 Å². The minimum absolute atomic E-state index is 0.252. The van der Waals surface area contributed by atoms with E-state index in [-0.39, 0.29) is 5.82 Å². The molecule has 2 heterocycles. The average molecular weight is 305 g/mol. The number of nitrogens with zero attached hydrogens (tertiary/aromatic N) is 4. The van der Waals surface area contributed by atoms with Crippen LogP contribution in [-0.2, 0) is 6.18 Å². The second-order valence-corrected chi connectivity index (χ2v) is 4.54. The molecule has 0 aliphatic heterocycles. The summed E-state index contributed by atoms with van der Waals surface area (Å²) >= 11 is 0. The van der Waals surface area contributed by atoms with E-state index >= 15 is 0 Å². The van der Waals surface area contributed by atoms with Crippen molar-refractivity contribution >= 4 is 5.69 Å². The molecule has 0 saturated heterocycles. The summed E-state index contributed by atoms with van der Waals surface area (Å²) in [7, 11) is 0. The summed E-state index contributed by atoms with van der Waals surface area (Å²) in [5, 5.41) is 4.19. The Labute approximate surface area is 123 Å². The number of halogens is 3. The van der Waals surface area contributed by atoms with Crippen molar-refractivity contribution in [3.8, 4) is 17.2 Å². The van der Waals surface area contributed by atoms with Gasteiger partial charge in [-0.25, -0.2) is 14.6 Å². The van der Waals surface area contributed by atoms with Crippen molar-refractivity contribution in [1.82, 2.24) is 19.7 Å². The van der Waals surface area contributed by atoms with E-state index in [9.17, 15) is 13.2 Å². The summed E-state index contributed by atoms with van der Waals surface area (Å²) < 4.78 is 38.8. The molecule has 2 aromatic heterocycles. The van der Waals surface area contributed by atoms with Gasteiger partial charge in [0.15, 0.2) is 11.6 Å². The third-order valence-corrected chi connectivity index (χ3v) is 2.97. The molecule has 0 bridgehead atoms. The first-order chi connectivity index (χ1) is 10.4. The lowest BCUT2D eigenvalue weighted by Crippen LogP contribution is -2.07. The second kappa shape index (κ2) is 5.14. The van der Waals surface area contributed by atoms with Crippen molar-refractivity contribution in [2.75, 3.05) is 5.73 Å². The lowest BCUT2D eigenvalue weighted by molar-refractivity contribution is -0.137. The number of aromatic nitrogens is 4. The number of benzene rings is 1. The zero-order valence-electron chi connectivity index (χ0n) is 11.1. The fraction of sp³-hybridized carbons (Fsp3) is 0.0714. The van der Waals surface area contributed by atoms with E-state index in [1.165, 1.54) is 17.1 Å². The molecule has 0 amide bonds. The van der Waals surface area contributed by atoms with Gasteiger partial charge in [0.05, 0.1) is 5.56 Å². The molecule has 22 heavy (non-hydrogen) atoms. The minimum Gasteiger partial charge on any atom is -0.399 e. The quantitative estimate of drug-likeness (QED) is 0.739. The van der Waals surface area contributed by atoms with Gasteiger partial charge >= 0.3 is 6.18 Å². The maximum absolute atomic E-state index is 12.5. The largest absolute Gasteiger partial charge is 0.417 e. The Morgan fingerprint density at radius 1 is 0.955 bits per heavy atom. The SMILES string of the molecule is Nc1ccc(-c2ncn(-c3ccc(C(F)(F)F)cn3)n2)cc1. The van der Waals surface area contributed by atoms with Gasteiger partial charge in [-0.2, -0.15) is 13.2 Å². The minimum atomic E-state index is -4.41. The van der Waals surface area contributed by atoms with Gasteiger partial charge in [0.1, 0.15) is 6.33 Å². The van der Waals surface area contributed by atoms with E-state index in [0.29, 0.717) is 11.5 Å². The van der Waals surface area contributed by atoms with Crippen LogP contribution in [0.25, 0.3) is 17.2 Å². The summed E-state index contributed by atoms with van der Waals surface area (Å²) in [5.74, 6) is 0.684. The van der Waals surface area contributed by atoms with Gasteiger partial charge in [-0.3, -0.25) is 0 Å². The van der Waals surface area contributed by atoms with Gasteiger partial charge < -0.3 is 5.73 Å². The topological polar surface area (TPSA) is 69.6 Å². The zero-order valence-corrected chi connectivity index (χ0v) is 11.1. The standard InChI is InChI=1S/C14H10F3N5/c15-14(16,17)10-3-6-12(19-7-10)22-8-20-13(21-22)9-1-4-11(18)5-2-9/h1-8H,18H2. The first kappa shape index (κ1) is 14.1. The molecule has 0 aliphatic rings. The third-order valence-electron chi connectivity index (χ3n) is 2.97. The Kier molecular flexibility index (Phi) is 3.28. The molecule has 112 valence electrons. The van der Waals surface area contributed by atoms with Crippen LogP contribution in [0.3, 0.4) is 0 Å². The molecule has 0 fully saturated rings. The zero-order chi connectivity index (χ0) is 15.7. The van der Waals surface area contributed by atoms with Crippen LogP contribution >= 0.6 is 0 Å². The summed E-state index contributed by atoms with van der Waals surface area (Å²) in [5.41, 5.74) is 6.16. The van der Waals surface area contributed by atoms with Gasteiger partial charge in [-0.05, 0) is 36.4 Å². The molecule has 0 saturated carbocycles. The highest BCUT2D eigenvalue weighted by molar-refractivity contribution is 5.58. The molecular weight excluding hydrogens is 295 g/mol. The lowest BCUT2D eigenvalue weighted by Gasteiger charge is -2.06. The molecular formula is C14H10F3N5. The van der Waals surface area contributed by atoms with Crippen molar-refractivity contribution in [3.63, 3.8) is 0 Å². The van der Waals surface area contributed by atoms with E-state index in [1.807, 2.05) is 0 Å². The maximum atomic E-state index is 12.5. The van der Waals surface area contributed by atoms with Crippen LogP contribution in [0.5, 0.6) is 0 Å². The number of pyridine rings is 1. The molecule has 0 aliphatic carbocycles. The predicted molar refractivity (Wildman–Crippen MR) is 74.0 cm³/mol. The molecule has 0 unspecified atom stereocenters. The number of hydrogen-bond donors (Lipinski definition) is 1. The van der Waals surface area contributed by atoms with Crippen LogP contribution in [0, 0.1) is 0 Å². The Bertz CT molecular complexity index is 775. The molecule has 5 nitrogen and oxygen atoms in total. The number of hydrogen-bond acceptors (Lipinski definition) is 4. The summed E-state index contributed by atoms with van der Waals surface area (Å²) in [6.45, 7) is 0. The van der Waals surface area contributed by atoms with E-state index in [4.69, 9.17) is 5.73 Å². The molecule has 0 radical (unpaired) electrons. The third kappa shape index (κ3) is 2.76. The second-order valence-electron chi connectivity index (χ2n) is 4.54. The van der Waals surface area contributed by atoms with Crippen molar-refractivity contribution < 1.29 is 13.2 Å². The van der Waals surface area contributed by atoms with Gasteiger partial charge in [-0.1, -0.05) is 0 Å².